The summed E-state index contributed by atoms with van der Waals surface area (Å²) in [6.07, 6.45) is 2.79. The standard InChI is InChI=1S/C10H17NO4S/c12-9-5-3-8(4-6-9)11-10(13)2-1-7-16(11,14)15/h8-9,12H,1-7H2. The van der Waals surface area contributed by atoms with Crippen LogP contribution in [0.5, 0.6) is 0 Å². The highest BCUT2D eigenvalue weighted by Crippen LogP contribution is 2.28. The monoisotopic (exact) mass is 247 g/mol. The quantitative estimate of drug-likeness (QED) is 0.720. The van der Waals surface area contributed by atoms with Crippen LogP contribution in [0.4, 0.5) is 0 Å². The summed E-state index contributed by atoms with van der Waals surface area (Å²) in [6, 6.07) is -0.221. The molecule has 0 aromatic rings. The van der Waals surface area contributed by atoms with Crippen molar-refractivity contribution in [3.63, 3.8) is 0 Å². The molecular weight excluding hydrogens is 230 g/mol. The van der Waals surface area contributed by atoms with Crippen LogP contribution in [-0.2, 0) is 14.8 Å². The summed E-state index contributed by atoms with van der Waals surface area (Å²) in [5.74, 6) is -0.190. The van der Waals surface area contributed by atoms with E-state index in [1.165, 1.54) is 0 Å². The van der Waals surface area contributed by atoms with Gasteiger partial charge in [0, 0.05) is 12.5 Å². The average molecular weight is 247 g/mol. The Morgan fingerprint density at radius 2 is 1.81 bits per heavy atom. The van der Waals surface area contributed by atoms with Crippen molar-refractivity contribution in [2.45, 2.75) is 50.7 Å². The Labute approximate surface area is 95.5 Å². The summed E-state index contributed by atoms with van der Waals surface area (Å²) in [6.45, 7) is 0. The van der Waals surface area contributed by atoms with Gasteiger partial charge in [0.05, 0.1) is 11.9 Å². The fourth-order valence-corrected chi connectivity index (χ4v) is 4.27. The fourth-order valence-electron chi connectivity index (χ4n) is 2.49. The maximum absolute atomic E-state index is 11.8. The maximum Gasteiger partial charge on any atom is 0.237 e. The Bertz CT molecular complexity index is 370. The lowest BCUT2D eigenvalue weighted by Gasteiger charge is -2.36. The first kappa shape index (κ1) is 11.9. The van der Waals surface area contributed by atoms with Crippen LogP contribution in [0.25, 0.3) is 0 Å². The number of sulfonamides is 1. The van der Waals surface area contributed by atoms with Crippen LogP contribution in [0.3, 0.4) is 0 Å². The number of carbonyl (C=O) groups excluding carboxylic acids is 1. The van der Waals surface area contributed by atoms with Crippen LogP contribution >= 0.6 is 0 Å². The Morgan fingerprint density at radius 1 is 1.19 bits per heavy atom. The summed E-state index contributed by atoms with van der Waals surface area (Å²) >= 11 is 0. The first-order chi connectivity index (χ1) is 7.50. The molecule has 6 heteroatoms. The zero-order chi connectivity index (χ0) is 11.8. The third-order valence-electron chi connectivity index (χ3n) is 3.34. The lowest BCUT2D eigenvalue weighted by molar-refractivity contribution is -0.129. The molecule has 1 N–H and O–H groups in total. The minimum absolute atomic E-state index is 0.0811. The van der Waals surface area contributed by atoms with Crippen LogP contribution in [0.2, 0.25) is 0 Å². The number of aliphatic hydroxyl groups excluding tert-OH is 1. The molecule has 1 saturated carbocycles. The molecule has 1 saturated heterocycles. The van der Waals surface area contributed by atoms with Crippen molar-refractivity contribution < 1.29 is 18.3 Å². The molecule has 0 aromatic carbocycles. The van der Waals surface area contributed by atoms with E-state index in [1.807, 2.05) is 0 Å². The van der Waals surface area contributed by atoms with Gasteiger partial charge in [-0.25, -0.2) is 12.7 Å². The molecule has 2 rings (SSSR count). The third-order valence-corrected chi connectivity index (χ3v) is 5.24. The molecule has 1 amide bonds. The van der Waals surface area contributed by atoms with Crippen LogP contribution < -0.4 is 0 Å². The summed E-state index contributed by atoms with van der Waals surface area (Å²) < 4.78 is 24.7. The Balaban J connectivity index is 2.14. The fraction of sp³-hybridized carbons (Fsp3) is 0.900. The SMILES string of the molecule is O=C1CCCS(=O)(=O)N1C1CCC(O)CC1. The summed E-state index contributed by atoms with van der Waals surface area (Å²) in [7, 11) is -3.39. The van der Waals surface area contributed by atoms with Crippen molar-refractivity contribution in [3.8, 4) is 0 Å². The predicted molar refractivity (Wildman–Crippen MR) is 58.1 cm³/mol. The van der Waals surface area contributed by atoms with Crippen molar-refractivity contribution in [1.29, 1.82) is 0 Å². The largest absolute Gasteiger partial charge is 0.393 e. The molecule has 0 aromatic heterocycles. The van der Waals surface area contributed by atoms with Crippen LogP contribution in [0.15, 0.2) is 0 Å². The van der Waals surface area contributed by atoms with Crippen LogP contribution in [0.1, 0.15) is 38.5 Å². The molecule has 1 aliphatic carbocycles. The molecule has 0 bridgehead atoms. The second-order valence-corrected chi connectivity index (χ2v) is 6.54. The highest BCUT2D eigenvalue weighted by Gasteiger charge is 2.38. The highest BCUT2D eigenvalue weighted by atomic mass is 32.2. The molecule has 1 heterocycles. The van der Waals surface area contributed by atoms with E-state index >= 15 is 0 Å². The molecule has 0 radical (unpaired) electrons. The Kier molecular flexibility index (Phi) is 3.21. The normalized spacial score (nSPS) is 35.1. The van der Waals surface area contributed by atoms with Gasteiger partial charge >= 0.3 is 0 Å². The number of rotatable bonds is 1. The van der Waals surface area contributed by atoms with Gasteiger partial charge in [0.2, 0.25) is 15.9 Å². The van der Waals surface area contributed by atoms with Crippen LogP contribution in [0, 0.1) is 0 Å². The first-order valence-electron chi connectivity index (χ1n) is 5.74. The number of amides is 1. The first-order valence-corrected chi connectivity index (χ1v) is 7.34. The third kappa shape index (κ3) is 2.22. The van der Waals surface area contributed by atoms with Gasteiger partial charge in [-0.05, 0) is 32.1 Å². The Hall–Kier alpha value is -0.620. The number of carbonyl (C=O) groups is 1. The summed E-state index contributed by atoms with van der Waals surface area (Å²) in [5.41, 5.74) is 0. The maximum atomic E-state index is 11.8. The van der Waals surface area contributed by atoms with Gasteiger partial charge in [0.15, 0.2) is 0 Å². The lowest BCUT2D eigenvalue weighted by atomic mass is 9.93. The predicted octanol–water partition coefficient (Wildman–Crippen LogP) is 0.242. The van der Waals surface area contributed by atoms with E-state index in [0.717, 1.165) is 4.31 Å². The second-order valence-electron chi connectivity index (χ2n) is 4.57. The number of nitrogens with zero attached hydrogens (tertiary/aromatic N) is 1. The van der Waals surface area contributed by atoms with Gasteiger partial charge in [0.25, 0.3) is 0 Å². The van der Waals surface area contributed by atoms with E-state index in [9.17, 15) is 18.3 Å². The van der Waals surface area contributed by atoms with Gasteiger partial charge < -0.3 is 5.11 Å². The minimum Gasteiger partial charge on any atom is -0.393 e. The van der Waals surface area contributed by atoms with Gasteiger partial charge in [-0.1, -0.05) is 0 Å². The molecule has 0 atom stereocenters. The average Bonchev–Trinajstić information content (AvgIpc) is 2.19. The molecule has 16 heavy (non-hydrogen) atoms. The zero-order valence-corrected chi connectivity index (χ0v) is 9.95. The van der Waals surface area contributed by atoms with E-state index < -0.39 is 10.0 Å². The van der Waals surface area contributed by atoms with Gasteiger partial charge in [-0.15, -0.1) is 0 Å². The molecule has 0 unspecified atom stereocenters. The van der Waals surface area contributed by atoms with Crippen molar-refractivity contribution in [3.05, 3.63) is 0 Å². The molecule has 5 nitrogen and oxygen atoms in total. The van der Waals surface area contributed by atoms with Gasteiger partial charge in [-0.3, -0.25) is 4.79 Å². The Morgan fingerprint density at radius 3 is 2.38 bits per heavy atom. The number of hydrogen-bond acceptors (Lipinski definition) is 4. The molecule has 2 aliphatic rings. The van der Waals surface area contributed by atoms with Crippen molar-refractivity contribution in [2.24, 2.45) is 0 Å². The van der Waals surface area contributed by atoms with E-state index in [0.29, 0.717) is 38.5 Å². The van der Waals surface area contributed by atoms with Gasteiger partial charge in [-0.2, -0.15) is 0 Å². The van der Waals surface area contributed by atoms with Crippen molar-refractivity contribution >= 4 is 15.9 Å². The zero-order valence-electron chi connectivity index (χ0n) is 9.13. The van der Waals surface area contributed by atoms with Crippen LogP contribution in [-0.4, -0.2) is 41.6 Å². The topological polar surface area (TPSA) is 74.7 Å². The minimum atomic E-state index is -3.39. The lowest BCUT2D eigenvalue weighted by Crippen LogP contribution is -2.49. The van der Waals surface area contributed by atoms with E-state index in [4.69, 9.17) is 0 Å². The summed E-state index contributed by atoms with van der Waals surface area (Å²) in [4.78, 5) is 11.7. The molecular formula is C10H17NO4S. The number of aliphatic hydroxyl groups is 1. The van der Waals surface area contributed by atoms with Crippen molar-refractivity contribution in [1.82, 2.24) is 4.31 Å². The van der Waals surface area contributed by atoms with E-state index in [2.05, 4.69) is 0 Å². The molecule has 92 valence electrons. The number of hydrogen-bond donors (Lipinski definition) is 1. The molecule has 1 aliphatic heterocycles. The smallest absolute Gasteiger partial charge is 0.237 e. The summed E-state index contributed by atoms with van der Waals surface area (Å²) in [5, 5.41) is 9.37. The van der Waals surface area contributed by atoms with Crippen molar-refractivity contribution in [2.75, 3.05) is 5.75 Å². The second kappa shape index (κ2) is 4.33. The molecule has 2 fully saturated rings. The van der Waals surface area contributed by atoms with E-state index in [1.54, 1.807) is 0 Å². The molecule has 0 spiro atoms. The van der Waals surface area contributed by atoms with E-state index in [-0.39, 0.29) is 23.8 Å². The van der Waals surface area contributed by atoms with Gasteiger partial charge in [0.1, 0.15) is 0 Å². The highest BCUT2D eigenvalue weighted by molar-refractivity contribution is 7.89.